The van der Waals surface area contributed by atoms with Gasteiger partial charge in [0.15, 0.2) is 0 Å². The van der Waals surface area contributed by atoms with E-state index in [1.807, 2.05) is 0 Å². The molecule has 112 valence electrons. The molecule has 0 saturated carbocycles. The number of rotatable bonds is 4. The Bertz CT molecular complexity index is 770. The molecule has 0 heterocycles. The maximum absolute atomic E-state index is 12.2. The van der Waals surface area contributed by atoms with Crippen LogP contribution in [0, 0.1) is 17.0 Å². The van der Waals surface area contributed by atoms with E-state index < -0.39 is 16.8 Å². The maximum Gasteiger partial charge on any atom is 0.335 e. The summed E-state index contributed by atoms with van der Waals surface area (Å²) in [6.07, 6.45) is 0. The van der Waals surface area contributed by atoms with Crippen LogP contribution in [-0.2, 0) is 0 Å². The molecule has 0 atom stereocenters. The average Bonchev–Trinajstić information content (AvgIpc) is 2.49. The molecular formula is C15H12N2O5. The fourth-order valence-electron chi connectivity index (χ4n) is 1.90. The molecule has 0 fully saturated rings. The molecule has 0 aliphatic carbocycles. The number of aromatic carboxylic acids is 1. The molecule has 2 aromatic rings. The van der Waals surface area contributed by atoms with Gasteiger partial charge in [-0.1, -0.05) is 18.2 Å². The van der Waals surface area contributed by atoms with Gasteiger partial charge in [0.1, 0.15) is 5.56 Å². The van der Waals surface area contributed by atoms with E-state index in [4.69, 9.17) is 5.11 Å². The van der Waals surface area contributed by atoms with Crippen molar-refractivity contribution in [3.8, 4) is 0 Å². The SMILES string of the molecule is Cc1ccc(C(=O)O)cc1NC(=O)c1ccccc1[N+](=O)[O-]. The predicted molar refractivity (Wildman–Crippen MR) is 79.2 cm³/mol. The minimum Gasteiger partial charge on any atom is -0.478 e. The number of hydrogen-bond donors (Lipinski definition) is 2. The number of aryl methyl sites for hydroxylation is 1. The zero-order valence-corrected chi connectivity index (χ0v) is 11.6. The fourth-order valence-corrected chi connectivity index (χ4v) is 1.90. The lowest BCUT2D eigenvalue weighted by Gasteiger charge is -2.09. The van der Waals surface area contributed by atoms with E-state index in [0.717, 1.165) is 0 Å². The number of hydrogen-bond acceptors (Lipinski definition) is 4. The van der Waals surface area contributed by atoms with E-state index in [0.29, 0.717) is 11.3 Å². The minimum atomic E-state index is -1.12. The van der Waals surface area contributed by atoms with Crippen LogP contribution in [0.1, 0.15) is 26.3 Å². The molecule has 0 aromatic heterocycles. The Morgan fingerprint density at radius 1 is 1.18 bits per heavy atom. The van der Waals surface area contributed by atoms with Gasteiger partial charge in [-0.15, -0.1) is 0 Å². The molecule has 1 amide bonds. The van der Waals surface area contributed by atoms with Crippen LogP contribution in [0.3, 0.4) is 0 Å². The van der Waals surface area contributed by atoms with Crippen LogP contribution < -0.4 is 5.32 Å². The van der Waals surface area contributed by atoms with Gasteiger partial charge in [-0.25, -0.2) is 4.79 Å². The van der Waals surface area contributed by atoms with Crippen LogP contribution >= 0.6 is 0 Å². The lowest BCUT2D eigenvalue weighted by Crippen LogP contribution is -2.15. The summed E-state index contributed by atoms with van der Waals surface area (Å²) in [6, 6.07) is 9.83. The first-order valence-corrected chi connectivity index (χ1v) is 6.29. The molecule has 0 aliphatic heterocycles. The van der Waals surface area contributed by atoms with Crippen molar-refractivity contribution < 1.29 is 19.6 Å². The van der Waals surface area contributed by atoms with Gasteiger partial charge in [0.2, 0.25) is 0 Å². The van der Waals surface area contributed by atoms with E-state index in [1.165, 1.54) is 36.4 Å². The lowest BCUT2D eigenvalue weighted by molar-refractivity contribution is -0.385. The second kappa shape index (κ2) is 6.04. The molecule has 7 heteroatoms. The van der Waals surface area contributed by atoms with Gasteiger partial charge in [-0.2, -0.15) is 0 Å². The lowest BCUT2D eigenvalue weighted by atomic mass is 10.1. The van der Waals surface area contributed by atoms with Crippen molar-refractivity contribution in [3.05, 3.63) is 69.3 Å². The molecule has 0 radical (unpaired) electrons. The van der Waals surface area contributed by atoms with E-state index in [9.17, 15) is 19.7 Å². The van der Waals surface area contributed by atoms with Crippen molar-refractivity contribution in [2.24, 2.45) is 0 Å². The van der Waals surface area contributed by atoms with Crippen molar-refractivity contribution in [2.45, 2.75) is 6.92 Å². The molecule has 0 bridgehead atoms. The van der Waals surface area contributed by atoms with E-state index in [2.05, 4.69) is 5.32 Å². The van der Waals surface area contributed by atoms with Crippen molar-refractivity contribution in [1.82, 2.24) is 0 Å². The molecule has 2 N–H and O–H groups in total. The fraction of sp³-hybridized carbons (Fsp3) is 0.0667. The summed E-state index contributed by atoms with van der Waals surface area (Å²) < 4.78 is 0. The summed E-state index contributed by atoms with van der Waals surface area (Å²) in [5.74, 6) is -1.79. The molecule has 7 nitrogen and oxygen atoms in total. The van der Waals surface area contributed by atoms with Gasteiger partial charge < -0.3 is 10.4 Å². The van der Waals surface area contributed by atoms with Gasteiger partial charge in [0, 0.05) is 11.8 Å². The zero-order chi connectivity index (χ0) is 16.3. The Morgan fingerprint density at radius 3 is 2.50 bits per heavy atom. The molecular weight excluding hydrogens is 288 g/mol. The molecule has 0 unspecified atom stereocenters. The zero-order valence-electron chi connectivity index (χ0n) is 11.6. The first-order valence-electron chi connectivity index (χ1n) is 6.29. The number of anilines is 1. The summed E-state index contributed by atoms with van der Waals surface area (Å²) in [5, 5.41) is 22.4. The smallest absolute Gasteiger partial charge is 0.335 e. The van der Waals surface area contributed by atoms with Crippen LogP contribution in [0.5, 0.6) is 0 Å². The first-order chi connectivity index (χ1) is 10.4. The summed E-state index contributed by atoms with van der Waals surface area (Å²) in [7, 11) is 0. The third-order valence-electron chi connectivity index (χ3n) is 3.08. The Labute approximate surface area is 125 Å². The Kier molecular flexibility index (Phi) is 4.17. The maximum atomic E-state index is 12.2. The highest BCUT2D eigenvalue weighted by molar-refractivity contribution is 6.07. The van der Waals surface area contributed by atoms with Crippen LogP contribution in [0.25, 0.3) is 0 Å². The average molecular weight is 300 g/mol. The van der Waals surface area contributed by atoms with Crippen molar-refractivity contribution in [2.75, 3.05) is 5.32 Å². The van der Waals surface area contributed by atoms with Crippen molar-refractivity contribution in [3.63, 3.8) is 0 Å². The summed E-state index contributed by atoms with van der Waals surface area (Å²) in [6.45, 7) is 1.70. The normalized spacial score (nSPS) is 10.0. The largest absolute Gasteiger partial charge is 0.478 e. The minimum absolute atomic E-state index is 0.0171. The van der Waals surface area contributed by atoms with Gasteiger partial charge in [0.05, 0.1) is 10.5 Å². The number of amides is 1. The second-order valence-electron chi connectivity index (χ2n) is 4.56. The van der Waals surface area contributed by atoms with Crippen molar-refractivity contribution in [1.29, 1.82) is 0 Å². The molecule has 0 aliphatic rings. The number of carboxylic acid groups (broad SMARTS) is 1. The third-order valence-corrected chi connectivity index (χ3v) is 3.08. The second-order valence-corrected chi connectivity index (χ2v) is 4.56. The Morgan fingerprint density at radius 2 is 1.86 bits per heavy atom. The number of nitrogens with one attached hydrogen (secondary N) is 1. The summed E-state index contributed by atoms with van der Waals surface area (Å²) in [5.41, 5.74) is 0.558. The number of carbonyl (C=O) groups excluding carboxylic acids is 1. The monoisotopic (exact) mass is 300 g/mol. The number of carboxylic acids is 1. The van der Waals surface area contributed by atoms with Gasteiger partial charge in [-0.3, -0.25) is 14.9 Å². The Hall–Kier alpha value is -3.22. The van der Waals surface area contributed by atoms with E-state index >= 15 is 0 Å². The highest BCUT2D eigenvalue weighted by Gasteiger charge is 2.20. The number of benzene rings is 2. The highest BCUT2D eigenvalue weighted by Crippen LogP contribution is 2.22. The number of nitro benzene ring substituents is 1. The predicted octanol–water partition coefficient (Wildman–Crippen LogP) is 2.85. The summed E-state index contributed by atoms with van der Waals surface area (Å²) in [4.78, 5) is 33.5. The topological polar surface area (TPSA) is 110 Å². The van der Waals surface area contributed by atoms with Gasteiger partial charge in [0.25, 0.3) is 11.6 Å². The number of carbonyl (C=O) groups is 2. The summed E-state index contributed by atoms with van der Waals surface area (Å²) >= 11 is 0. The molecule has 2 rings (SSSR count). The number of nitro groups is 1. The Balaban J connectivity index is 2.36. The first kappa shape index (κ1) is 15.2. The van der Waals surface area contributed by atoms with E-state index in [1.54, 1.807) is 13.0 Å². The standard InChI is InChI=1S/C15H12N2O5/c1-9-6-7-10(15(19)20)8-12(9)16-14(18)11-4-2-3-5-13(11)17(21)22/h2-8H,1H3,(H,16,18)(H,19,20). The quantitative estimate of drug-likeness (QED) is 0.666. The number of para-hydroxylation sites is 1. The van der Waals surface area contributed by atoms with Crippen LogP contribution in [-0.4, -0.2) is 21.9 Å². The van der Waals surface area contributed by atoms with Gasteiger partial charge in [-0.05, 0) is 30.7 Å². The molecule has 0 saturated heterocycles. The van der Waals surface area contributed by atoms with Crippen molar-refractivity contribution >= 4 is 23.3 Å². The van der Waals surface area contributed by atoms with Gasteiger partial charge >= 0.3 is 5.97 Å². The molecule has 2 aromatic carbocycles. The van der Waals surface area contributed by atoms with Crippen LogP contribution in [0.4, 0.5) is 11.4 Å². The van der Waals surface area contributed by atoms with Crippen LogP contribution in [0.15, 0.2) is 42.5 Å². The molecule has 22 heavy (non-hydrogen) atoms. The number of nitrogens with zero attached hydrogens (tertiary/aromatic N) is 1. The highest BCUT2D eigenvalue weighted by atomic mass is 16.6. The van der Waals surface area contributed by atoms with E-state index in [-0.39, 0.29) is 16.8 Å². The third kappa shape index (κ3) is 3.09. The molecule has 0 spiro atoms. The van der Waals surface area contributed by atoms with Crippen LogP contribution in [0.2, 0.25) is 0 Å².